The Kier molecular flexibility index (Phi) is 4.09. The van der Waals surface area contributed by atoms with E-state index >= 15 is 0 Å². The molecule has 3 rings (SSSR count). The Morgan fingerprint density at radius 3 is 2.52 bits per heavy atom. The molecular weight excluding hydrogens is 320 g/mol. The molecule has 0 bridgehead atoms. The van der Waals surface area contributed by atoms with Crippen LogP contribution in [0.3, 0.4) is 0 Å². The number of nitrogens with one attached hydrogen (secondary N) is 3. The second kappa shape index (κ2) is 5.91. The molecule has 0 unspecified atom stereocenters. The molecule has 23 heavy (non-hydrogen) atoms. The summed E-state index contributed by atoms with van der Waals surface area (Å²) in [7, 11) is -2.13. The first-order valence-corrected chi connectivity index (χ1v) is 8.79. The lowest BCUT2D eigenvalue weighted by molar-refractivity contribution is 0.296. The molecule has 0 radical (unpaired) electrons. The van der Waals surface area contributed by atoms with Gasteiger partial charge in [-0.15, -0.1) is 0 Å². The summed E-state index contributed by atoms with van der Waals surface area (Å²) in [5, 5.41) is 3.34. The fraction of sp³-hybridized carbons (Fsp3) is 0.429. The van der Waals surface area contributed by atoms with Crippen LogP contribution in [0.25, 0.3) is 10.9 Å². The van der Waals surface area contributed by atoms with Crippen LogP contribution < -0.4 is 16.6 Å². The molecule has 8 nitrogen and oxygen atoms in total. The molecule has 1 aliphatic heterocycles. The van der Waals surface area contributed by atoms with Gasteiger partial charge in [0.2, 0.25) is 10.0 Å². The summed E-state index contributed by atoms with van der Waals surface area (Å²) in [6.45, 7) is 1.56. The fourth-order valence-corrected chi connectivity index (χ4v) is 4.28. The number of piperidine rings is 1. The molecule has 1 aromatic carbocycles. The summed E-state index contributed by atoms with van der Waals surface area (Å²) >= 11 is 0. The van der Waals surface area contributed by atoms with Gasteiger partial charge in [-0.25, -0.2) is 13.2 Å². The van der Waals surface area contributed by atoms with E-state index in [1.807, 2.05) is 0 Å². The molecule has 9 heteroatoms. The molecule has 1 aliphatic rings. The van der Waals surface area contributed by atoms with Crippen LogP contribution in [-0.4, -0.2) is 48.9 Å². The number of hydrogen-bond donors (Lipinski definition) is 3. The maximum Gasteiger partial charge on any atom is 0.326 e. The normalized spacial score (nSPS) is 17.0. The molecule has 1 fully saturated rings. The molecular formula is C14H18N4O4S. The Balaban J connectivity index is 2.04. The van der Waals surface area contributed by atoms with Crippen LogP contribution in [0.2, 0.25) is 0 Å². The zero-order chi connectivity index (χ0) is 16.6. The lowest BCUT2D eigenvalue weighted by atomic mass is 10.1. The van der Waals surface area contributed by atoms with Crippen LogP contribution in [0.15, 0.2) is 32.7 Å². The van der Waals surface area contributed by atoms with Gasteiger partial charge >= 0.3 is 5.69 Å². The molecule has 0 spiro atoms. The van der Waals surface area contributed by atoms with Crippen LogP contribution in [0, 0.1) is 0 Å². The molecule has 2 aromatic rings. The van der Waals surface area contributed by atoms with E-state index in [1.165, 1.54) is 22.5 Å². The molecule has 0 saturated carbocycles. The van der Waals surface area contributed by atoms with Gasteiger partial charge in [0.1, 0.15) is 0 Å². The number of sulfonamides is 1. The first-order chi connectivity index (χ1) is 10.9. The minimum atomic E-state index is -3.70. The summed E-state index contributed by atoms with van der Waals surface area (Å²) in [6, 6.07) is 4.09. The van der Waals surface area contributed by atoms with Crippen LogP contribution in [0.1, 0.15) is 12.8 Å². The molecule has 1 aromatic heterocycles. The van der Waals surface area contributed by atoms with Gasteiger partial charge in [0.05, 0.1) is 15.8 Å². The van der Waals surface area contributed by atoms with Crippen molar-refractivity contribution in [3.05, 3.63) is 39.0 Å². The van der Waals surface area contributed by atoms with E-state index in [-0.39, 0.29) is 16.3 Å². The molecule has 0 amide bonds. The van der Waals surface area contributed by atoms with Crippen molar-refractivity contribution in [1.29, 1.82) is 0 Å². The fourth-order valence-electron chi connectivity index (χ4n) is 2.84. The van der Waals surface area contributed by atoms with Crippen molar-refractivity contribution in [2.75, 3.05) is 20.1 Å². The highest BCUT2D eigenvalue weighted by Gasteiger charge is 2.29. The largest absolute Gasteiger partial charge is 0.326 e. The van der Waals surface area contributed by atoms with Crippen LogP contribution in [0.5, 0.6) is 0 Å². The average Bonchev–Trinajstić information content (AvgIpc) is 2.54. The first kappa shape index (κ1) is 15.9. The van der Waals surface area contributed by atoms with Crippen molar-refractivity contribution in [2.24, 2.45) is 0 Å². The minimum Gasteiger partial charge on any atom is -0.317 e. The third-order valence-electron chi connectivity index (χ3n) is 4.21. The summed E-state index contributed by atoms with van der Waals surface area (Å²) < 4.78 is 26.9. The van der Waals surface area contributed by atoms with E-state index in [0.29, 0.717) is 5.52 Å². The van der Waals surface area contributed by atoms with E-state index in [9.17, 15) is 18.0 Å². The third kappa shape index (κ3) is 2.94. The number of benzene rings is 1. The van der Waals surface area contributed by atoms with Crippen LogP contribution in [0.4, 0.5) is 0 Å². The molecule has 2 heterocycles. The third-order valence-corrected chi connectivity index (χ3v) is 6.12. The second-order valence-corrected chi connectivity index (χ2v) is 7.62. The van der Waals surface area contributed by atoms with Gasteiger partial charge in [0.25, 0.3) is 5.56 Å². The molecule has 1 saturated heterocycles. The summed E-state index contributed by atoms with van der Waals surface area (Å²) in [4.78, 5) is 27.7. The Morgan fingerprint density at radius 1 is 1.13 bits per heavy atom. The topological polar surface area (TPSA) is 115 Å². The SMILES string of the molecule is CN(C1CCNCC1)S(=O)(=O)c1ccc2[nH]c(=O)[nH]c(=O)c2c1. The lowest BCUT2D eigenvalue weighted by Gasteiger charge is -2.30. The number of aromatic amines is 2. The summed E-state index contributed by atoms with van der Waals surface area (Å²) in [6.07, 6.45) is 1.49. The van der Waals surface area contributed by atoms with Crippen molar-refractivity contribution in [3.8, 4) is 0 Å². The van der Waals surface area contributed by atoms with Crippen molar-refractivity contribution in [3.63, 3.8) is 0 Å². The van der Waals surface area contributed by atoms with Crippen LogP contribution in [-0.2, 0) is 10.0 Å². The summed E-state index contributed by atoms with van der Waals surface area (Å²) in [5.41, 5.74) is -0.919. The van der Waals surface area contributed by atoms with Gasteiger partial charge in [-0.05, 0) is 44.1 Å². The monoisotopic (exact) mass is 338 g/mol. The minimum absolute atomic E-state index is 0.0450. The smallest absolute Gasteiger partial charge is 0.317 e. The maximum absolute atomic E-state index is 12.8. The van der Waals surface area contributed by atoms with Gasteiger partial charge < -0.3 is 10.3 Å². The van der Waals surface area contributed by atoms with Gasteiger partial charge in [-0.1, -0.05) is 0 Å². The average molecular weight is 338 g/mol. The Morgan fingerprint density at radius 2 is 1.83 bits per heavy atom. The van der Waals surface area contributed by atoms with E-state index < -0.39 is 21.3 Å². The zero-order valence-corrected chi connectivity index (χ0v) is 13.4. The number of rotatable bonds is 3. The molecule has 3 N–H and O–H groups in total. The van der Waals surface area contributed by atoms with Crippen molar-refractivity contribution >= 4 is 20.9 Å². The zero-order valence-electron chi connectivity index (χ0n) is 12.6. The second-order valence-electron chi connectivity index (χ2n) is 5.62. The van der Waals surface area contributed by atoms with E-state index in [0.717, 1.165) is 25.9 Å². The van der Waals surface area contributed by atoms with E-state index in [4.69, 9.17) is 0 Å². The van der Waals surface area contributed by atoms with Gasteiger partial charge in [-0.3, -0.25) is 9.78 Å². The Labute approximate surface area is 132 Å². The maximum atomic E-state index is 12.8. The van der Waals surface area contributed by atoms with Crippen LogP contribution >= 0.6 is 0 Å². The van der Waals surface area contributed by atoms with Gasteiger partial charge in [-0.2, -0.15) is 4.31 Å². The number of nitrogens with zero attached hydrogens (tertiary/aromatic N) is 1. The molecule has 124 valence electrons. The number of hydrogen-bond acceptors (Lipinski definition) is 5. The predicted octanol–water partition coefficient (Wildman–Crippen LogP) is -0.411. The first-order valence-electron chi connectivity index (χ1n) is 7.35. The quantitative estimate of drug-likeness (QED) is 0.704. The predicted molar refractivity (Wildman–Crippen MR) is 86.0 cm³/mol. The summed E-state index contributed by atoms with van der Waals surface area (Å²) in [5.74, 6) is 0. The number of aromatic nitrogens is 2. The van der Waals surface area contributed by atoms with Gasteiger partial charge in [0, 0.05) is 13.1 Å². The number of H-pyrrole nitrogens is 2. The van der Waals surface area contributed by atoms with Crippen molar-refractivity contribution < 1.29 is 8.42 Å². The highest BCUT2D eigenvalue weighted by Crippen LogP contribution is 2.22. The van der Waals surface area contributed by atoms with Crippen molar-refractivity contribution in [2.45, 2.75) is 23.8 Å². The highest BCUT2D eigenvalue weighted by atomic mass is 32.2. The van der Waals surface area contributed by atoms with Gasteiger partial charge in [0.15, 0.2) is 0 Å². The Bertz CT molecular complexity index is 941. The highest BCUT2D eigenvalue weighted by molar-refractivity contribution is 7.89. The standard InChI is InChI=1S/C14H18N4O4S/c1-18(9-4-6-15-7-5-9)23(21,22)10-2-3-12-11(8-10)13(19)17-14(20)16-12/h2-3,8-9,15H,4-7H2,1H3,(H2,16,17,19,20). The molecule has 0 atom stereocenters. The van der Waals surface area contributed by atoms with Crippen molar-refractivity contribution in [1.82, 2.24) is 19.6 Å². The number of fused-ring (bicyclic) bond motifs is 1. The van der Waals surface area contributed by atoms with E-state index in [1.54, 1.807) is 7.05 Å². The Hall–Kier alpha value is -1.97. The lowest BCUT2D eigenvalue weighted by Crippen LogP contribution is -2.43. The van der Waals surface area contributed by atoms with E-state index in [2.05, 4.69) is 15.3 Å². The molecule has 0 aliphatic carbocycles.